The van der Waals surface area contributed by atoms with Crippen LogP contribution in [-0.4, -0.2) is 0 Å². The molecule has 2 heteroatoms. The number of aryl methyl sites for hydroxylation is 2. The van der Waals surface area contributed by atoms with Crippen molar-refractivity contribution in [2.24, 2.45) is 0 Å². The third kappa shape index (κ3) is 4.86. The van der Waals surface area contributed by atoms with Crippen molar-refractivity contribution in [1.82, 2.24) is 0 Å². The zero-order valence-corrected chi connectivity index (χ0v) is 12.8. The molecule has 0 N–H and O–H groups in total. The molecule has 0 aliphatic heterocycles. The highest BCUT2D eigenvalue weighted by atomic mass is 19.1. The second-order valence-electron chi connectivity index (χ2n) is 5.39. The smallest absolute Gasteiger partial charge is 0.100 e. The summed E-state index contributed by atoms with van der Waals surface area (Å²) in [5.41, 5.74) is 4.05. The van der Waals surface area contributed by atoms with E-state index in [1.54, 1.807) is 6.08 Å². The minimum absolute atomic E-state index is 0.0622. The molecule has 0 aliphatic rings. The van der Waals surface area contributed by atoms with Crippen LogP contribution >= 0.6 is 0 Å². The standard InChI is InChI=1S/C20H20FN/c1-2-3-20(21)14-18-10-6-16(7-11-18)4-5-17-8-12-19(15-22)13-9-17/h6-14H,2-5H2,1H3. The summed E-state index contributed by atoms with van der Waals surface area (Å²) in [6.07, 6.45) is 4.80. The van der Waals surface area contributed by atoms with E-state index in [-0.39, 0.29) is 5.83 Å². The summed E-state index contributed by atoms with van der Waals surface area (Å²) < 4.78 is 13.5. The van der Waals surface area contributed by atoms with Gasteiger partial charge in [0.25, 0.3) is 0 Å². The predicted molar refractivity (Wildman–Crippen MR) is 89.0 cm³/mol. The molecule has 0 spiro atoms. The molecule has 0 amide bonds. The Balaban J connectivity index is 1.93. The van der Waals surface area contributed by atoms with Gasteiger partial charge in [-0.05, 0) is 60.6 Å². The Morgan fingerprint density at radius 3 is 2.05 bits per heavy atom. The molecule has 2 aromatic rings. The zero-order chi connectivity index (χ0) is 15.8. The van der Waals surface area contributed by atoms with Crippen molar-refractivity contribution in [3.8, 4) is 6.07 Å². The molecule has 2 aromatic carbocycles. The van der Waals surface area contributed by atoms with Crippen molar-refractivity contribution in [3.63, 3.8) is 0 Å². The van der Waals surface area contributed by atoms with Crippen LogP contribution in [0.2, 0.25) is 0 Å². The lowest BCUT2D eigenvalue weighted by atomic mass is 10.0. The third-order valence-electron chi connectivity index (χ3n) is 3.58. The first-order valence-corrected chi connectivity index (χ1v) is 7.65. The molecule has 0 heterocycles. The van der Waals surface area contributed by atoms with Gasteiger partial charge in [0.15, 0.2) is 0 Å². The van der Waals surface area contributed by atoms with Gasteiger partial charge < -0.3 is 0 Å². The molecule has 0 saturated carbocycles. The first-order chi connectivity index (χ1) is 10.7. The number of hydrogen-bond acceptors (Lipinski definition) is 1. The number of nitrogens with zero attached hydrogens (tertiary/aromatic N) is 1. The maximum absolute atomic E-state index is 13.5. The Bertz CT molecular complexity index is 660. The van der Waals surface area contributed by atoms with Gasteiger partial charge in [-0.3, -0.25) is 0 Å². The van der Waals surface area contributed by atoms with Crippen molar-refractivity contribution in [1.29, 1.82) is 5.26 Å². The zero-order valence-electron chi connectivity index (χ0n) is 12.8. The minimum atomic E-state index is -0.0622. The van der Waals surface area contributed by atoms with Gasteiger partial charge in [0.05, 0.1) is 11.6 Å². The summed E-state index contributed by atoms with van der Waals surface area (Å²) in [6, 6.07) is 17.8. The first kappa shape index (κ1) is 16.0. The van der Waals surface area contributed by atoms with Crippen molar-refractivity contribution in [2.75, 3.05) is 0 Å². The number of allylic oxidation sites excluding steroid dienone is 1. The van der Waals surface area contributed by atoms with Gasteiger partial charge in [0.2, 0.25) is 0 Å². The fourth-order valence-electron chi connectivity index (χ4n) is 2.31. The number of nitriles is 1. The fourth-order valence-corrected chi connectivity index (χ4v) is 2.31. The van der Waals surface area contributed by atoms with Crippen LogP contribution in [0, 0.1) is 11.3 Å². The van der Waals surface area contributed by atoms with Gasteiger partial charge in [0, 0.05) is 0 Å². The van der Waals surface area contributed by atoms with Crippen LogP contribution in [-0.2, 0) is 12.8 Å². The molecule has 112 valence electrons. The Morgan fingerprint density at radius 1 is 1.00 bits per heavy atom. The van der Waals surface area contributed by atoms with Crippen LogP contribution in [0.4, 0.5) is 4.39 Å². The molecule has 0 atom stereocenters. The van der Waals surface area contributed by atoms with E-state index < -0.39 is 0 Å². The lowest BCUT2D eigenvalue weighted by Gasteiger charge is -2.03. The van der Waals surface area contributed by atoms with Crippen molar-refractivity contribution >= 4 is 6.08 Å². The van der Waals surface area contributed by atoms with Gasteiger partial charge in [-0.1, -0.05) is 43.3 Å². The molecule has 0 aliphatic carbocycles. The molecule has 2 rings (SSSR count). The minimum Gasteiger partial charge on any atom is -0.212 e. The third-order valence-corrected chi connectivity index (χ3v) is 3.58. The molecule has 0 bridgehead atoms. The summed E-state index contributed by atoms with van der Waals surface area (Å²) >= 11 is 0. The average Bonchev–Trinajstić information content (AvgIpc) is 2.55. The highest BCUT2D eigenvalue weighted by Gasteiger charge is 1.98. The highest BCUT2D eigenvalue weighted by molar-refractivity contribution is 5.51. The van der Waals surface area contributed by atoms with Crippen molar-refractivity contribution in [3.05, 3.63) is 76.6 Å². The summed E-state index contributed by atoms with van der Waals surface area (Å²) in [5, 5.41) is 8.78. The van der Waals surface area contributed by atoms with Gasteiger partial charge in [-0.25, -0.2) is 4.39 Å². The van der Waals surface area contributed by atoms with E-state index in [4.69, 9.17) is 5.26 Å². The SMILES string of the molecule is CCCC(F)=Cc1ccc(CCc2ccc(C#N)cc2)cc1. The summed E-state index contributed by atoms with van der Waals surface area (Å²) in [6.45, 7) is 1.97. The highest BCUT2D eigenvalue weighted by Crippen LogP contribution is 2.15. The average molecular weight is 293 g/mol. The normalized spacial score (nSPS) is 11.2. The lowest BCUT2D eigenvalue weighted by Crippen LogP contribution is -1.91. The maximum atomic E-state index is 13.5. The lowest BCUT2D eigenvalue weighted by molar-refractivity contribution is 0.591. The molecule has 1 nitrogen and oxygen atoms in total. The van der Waals surface area contributed by atoms with Crippen LogP contribution in [0.5, 0.6) is 0 Å². The van der Waals surface area contributed by atoms with Crippen LogP contribution in [0.15, 0.2) is 54.4 Å². The molecule has 0 saturated heterocycles. The second-order valence-corrected chi connectivity index (χ2v) is 5.39. The topological polar surface area (TPSA) is 23.8 Å². The Kier molecular flexibility index (Phi) is 5.91. The largest absolute Gasteiger partial charge is 0.212 e. The first-order valence-electron chi connectivity index (χ1n) is 7.65. The monoisotopic (exact) mass is 293 g/mol. The maximum Gasteiger partial charge on any atom is 0.100 e. The summed E-state index contributed by atoms with van der Waals surface area (Å²) in [7, 11) is 0. The van der Waals surface area contributed by atoms with E-state index in [9.17, 15) is 4.39 Å². The molecule has 0 unspecified atom stereocenters. The predicted octanol–water partition coefficient (Wildman–Crippen LogP) is 5.45. The van der Waals surface area contributed by atoms with E-state index in [1.165, 1.54) is 11.1 Å². The van der Waals surface area contributed by atoms with E-state index in [0.29, 0.717) is 12.0 Å². The quantitative estimate of drug-likeness (QED) is 0.694. The fraction of sp³-hybridized carbons (Fsp3) is 0.250. The number of halogens is 1. The van der Waals surface area contributed by atoms with Gasteiger partial charge in [0.1, 0.15) is 5.83 Å². The number of benzene rings is 2. The van der Waals surface area contributed by atoms with Crippen LogP contribution in [0.3, 0.4) is 0 Å². The Labute approximate surface area is 131 Å². The Hall–Kier alpha value is -2.40. The van der Waals surface area contributed by atoms with Crippen molar-refractivity contribution < 1.29 is 4.39 Å². The molecule has 22 heavy (non-hydrogen) atoms. The second kappa shape index (κ2) is 8.14. The van der Waals surface area contributed by atoms with Crippen LogP contribution < -0.4 is 0 Å². The van der Waals surface area contributed by atoms with E-state index in [2.05, 4.69) is 18.2 Å². The van der Waals surface area contributed by atoms with E-state index in [1.807, 2.05) is 43.3 Å². The summed E-state index contributed by atoms with van der Waals surface area (Å²) in [4.78, 5) is 0. The van der Waals surface area contributed by atoms with Crippen LogP contribution in [0.1, 0.15) is 42.0 Å². The van der Waals surface area contributed by atoms with E-state index >= 15 is 0 Å². The molecule has 0 aromatic heterocycles. The molecular formula is C20H20FN. The van der Waals surface area contributed by atoms with Gasteiger partial charge in [-0.2, -0.15) is 5.26 Å². The molecular weight excluding hydrogens is 273 g/mol. The number of hydrogen-bond donors (Lipinski definition) is 0. The summed E-state index contributed by atoms with van der Waals surface area (Å²) in [5.74, 6) is -0.0622. The molecule has 0 radical (unpaired) electrons. The van der Waals surface area contributed by atoms with E-state index in [0.717, 1.165) is 24.8 Å². The van der Waals surface area contributed by atoms with Crippen molar-refractivity contribution in [2.45, 2.75) is 32.6 Å². The number of rotatable bonds is 6. The Morgan fingerprint density at radius 2 is 1.55 bits per heavy atom. The molecule has 0 fully saturated rings. The van der Waals surface area contributed by atoms with Crippen LogP contribution in [0.25, 0.3) is 6.08 Å². The van der Waals surface area contributed by atoms with Gasteiger partial charge in [-0.15, -0.1) is 0 Å². The van der Waals surface area contributed by atoms with Gasteiger partial charge >= 0.3 is 0 Å².